The van der Waals surface area contributed by atoms with Gasteiger partial charge in [-0.1, -0.05) is 32.0 Å². The average Bonchev–Trinajstić information content (AvgIpc) is 2.35. The number of hydrogen-bond donors (Lipinski definition) is 1. The van der Waals surface area contributed by atoms with Crippen molar-refractivity contribution in [1.29, 1.82) is 0 Å². The zero-order chi connectivity index (χ0) is 12.5. The van der Waals surface area contributed by atoms with Gasteiger partial charge in [0, 0.05) is 11.8 Å². The molecule has 0 radical (unpaired) electrons. The number of halogens is 1. The summed E-state index contributed by atoms with van der Waals surface area (Å²) in [6.45, 7) is 5.31. The zero-order valence-corrected chi connectivity index (χ0v) is 11.5. The molecule has 0 amide bonds. The van der Waals surface area contributed by atoms with Crippen molar-refractivity contribution in [2.45, 2.75) is 32.7 Å². The van der Waals surface area contributed by atoms with E-state index in [9.17, 15) is 4.39 Å². The molecule has 1 rings (SSSR count). The fourth-order valence-corrected chi connectivity index (χ4v) is 2.48. The summed E-state index contributed by atoms with van der Waals surface area (Å²) in [5, 5.41) is 3.49. The lowest BCUT2D eigenvalue weighted by molar-refractivity contribution is 0.530. The summed E-state index contributed by atoms with van der Waals surface area (Å²) >= 11 is 1.91. The van der Waals surface area contributed by atoms with Gasteiger partial charge in [0.05, 0.1) is 0 Å². The zero-order valence-electron chi connectivity index (χ0n) is 10.7. The highest BCUT2D eigenvalue weighted by atomic mass is 32.2. The molecule has 0 aliphatic carbocycles. The molecule has 0 spiro atoms. The molecular weight excluding hydrogens is 233 g/mol. The van der Waals surface area contributed by atoms with E-state index < -0.39 is 0 Å². The summed E-state index contributed by atoms with van der Waals surface area (Å²) in [4.78, 5) is 0. The monoisotopic (exact) mass is 255 g/mol. The molecule has 0 aromatic heterocycles. The maximum Gasteiger partial charge on any atom is 0.126 e. The van der Waals surface area contributed by atoms with Crippen LogP contribution in [0.2, 0.25) is 0 Å². The van der Waals surface area contributed by atoms with E-state index in [-0.39, 0.29) is 5.82 Å². The highest BCUT2D eigenvalue weighted by Crippen LogP contribution is 2.12. The summed E-state index contributed by atoms with van der Waals surface area (Å²) in [6.07, 6.45) is 1.89. The van der Waals surface area contributed by atoms with Gasteiger partial charge in [-0.2, -0.15) is 11.8 Å². The first kappa shape index (κ1) is 14.5. The van der Waals surface area contributed by atoms with Gasteiger partial charge < -0.3 is 5.32 Å². The van der Waals surface area contributed by atoms with Crippen molar-refractivity contribution in [3.05, 3.63) is 35.6 Å². The number of hydrogen-bond acceptors (Lipinski definition) is 2. The summed E-state index contributed by atoms with van der Waals surface area (Å²) in [5.41, 5.74) is 0.817. The minimum Gasteiger partial charge on any atom is -0.313 e. The average molecular weight is 255 g/mol. The van der Waals surface area contributed by atoms with Crippen LogP contribution in [0, 0.1) is 5.82 Å². The third-order valence-corrected chi connectivity index (χ3v) is 3.68. The lowest BCUT2D eigenvalue weighted by Gasteiger charge is -2.18. The third kappa shape index (κ3) is 5.55. The largest absolute Gasteiger partial charge is 0.313 e. The highest BCUT2D eigenvalue weighted by molar-refractivity contribution is 7.99. The summed E-state index contributed by atoms with van der Waals surface area (Å²) in [5.74, 6) is 2.07. The fourth-order valence-electron chi connectivity index (χ4n) is 1.73. The number of benzene rings is 1. The van der Waals surface area contributed by atoms with Crippen molar-refractivity contribution in [2.24, 2.45) is 0 Å². The molecule has 0 heterocycles. The van der Waals surface area contributed by atoms with Crippen LogP contribution < -0.4 is 5.32 Å². The summed E-state index contributed by atoms with van der Waals surface area (Å²) in [7, 11) is 0. The molecule has 1 N–H and O–H groups in total. The van der Waals surface area contributed by atoms with Crippen molar-refractivity contribution in [3.8, 4) is 0 Å². The minimum atomic E-state index is -0.0858. The van der Waals surface area contributed by atoms with E-state index in [4.69, 9.17) is 0 Å². The van der Waals surface area contributed by atoms with Crippen LogP contribution in [-0.2, 0) is 6.42 Å². The summed E-state index contributed by atoms with van der Waals surface area (Å²) < 4.78 is 13.6. The standard InChI is InChI=1S/C14H22FNS/c1-3-9-16-13(11-17-4-2)10-12-7-5-6-8-14(12)15/h5-8,13,16H,3-4,9-11H2,1-2H3. The van der Waals surface area contributed by atoms with Gasteiger partial charge in [0.1, 0.15) is 5.82 Å². The number of rotatable bonds is 8. The van der Waals surface area contributed by atoms with E-state index >= 15 is 0 Å². The molecule has 96 valence electrons. The molecule has 1 nitrogen and oxygen atoms in total. The molecule has 0 bridgehead atoms. The molecule has 0 aliphatic rings. The molecule has 3 heteroatoms. The first-order valence-electron chi connectivity index (χ1n) is 6.32. The van der Waals surface area contributed by atoms with Gasteiger partial charge in [0.2, 0.25) is 0 Å². The maximum absolute atomic E-state index is 13.6. The molecular formula is C14H22FNS. The Kier molecular flexibility index (Phi) is 7.29. The van der Waals surface area contributed by atoms with Crippen LogP contribution in [0.5, 0.6) is 0 Å². The van der Waals surface area contributed by atoms with Crippen LogP contribution in [0.3, 0.4) is 0 Å². The molecule has 1 unspecified atom stereocenters. The van der Waals surface area contributed by atoms with Crippen molar-refractivity contribution in [1.82, 2.24) is 5.32 Å². The quantitative estimate of drug-likeness (QED) is 0.763. The van der Waals surface area contributed by atoms with E-state index in [0.29, 0.717) is 6.04 Å². The molecule has 1 aromatic rings. The van der Waals surface area contributed by atoms with Crippen LogP contribution in [-0.4, -0.2) is 24.1 Å². The SMILES string of the molecule is CCCNC(CSCC)Cc1ccccc1F. The van der Waals surface area contributed by atoms with Crippen molar-refractivity contribution < 1.29 is 4.39 Å². The second-order valence-corrected chi connectivity index (χ2v) is 5.42. The second-order valence-electron chi connectivity index (χ2n) is 4.11. The first-order valence-corrected chi connectivity index (χ1v) is 7.47. The minimum absolute atomic E-state index is 0.0858. The van der Waals surface area contributed by atoms with E-state index in [1.807, 2.05) is 23.9 Å². The van der Waals surface area contributed by atoms with Gasteiger partial charge in [-0.3, -0.25) is 0 Å². The Morgan fingerprint density at radius 1 is 1.29 bits per heavy atom. The number of thioether (sulfide) groups is 1. The van der Waals surface area contributed by atoms with E-state index in [2.05, 4.69) is 19.2 Å². The predicted octanol–water partition coefficient (Wildman–Crippen LogP) is 3.49. The van der Waals surface area contributed by atoms with Gasteiger partial charge in [0.15, 0.2) is 0 Å². The lowest BCUT2D eigenvalue weighted by Crippen LogP contribution is -2.34. The Morgan fingerprint density at radius 3 is 2.71 bits per heavy atom. The second kappa shape index (κ2) is 8.54. The van der Waals surface area contributed by atoms with Gasteiger partial charge in [-0.15, -0.1) is 0 Å². The Balaban J connectivity index is 2.55. The van der Waals surface area contributed by atoms with Crippen molar-refractivity contribution in [2.75, 3.05) is 18.1 Å². The van der Waals surface area contributed by atoms with E-state index in [0.717, 1.165) is 36.5 Å². The lowest BCUT2D eigenvalue weighted by atomic mass is 10.1. The molecule has 1 atom stereocenters. The maximum atomic E-state index is 13.6. The third-order valence-electron chi connectivity index (χ3n) is 2.63. The smallest absolute Gasteiger partial charge is 0.126 e. The van der Waals surface area contributed by atoms with Crippen LogP contribution in [0.1, 0.15) is 25.8 Å². The van der Waals surface area contributed by atoms with Crippen LogP contribution in [0.25, 0.3) is 0 Å². The van der Waals surface area contributed by atoms with E-state index in [1.54, 1.807) is 12.1 Å². The Hall–Kier alpha value is -0.540. The van der Waals surface area contributed by atoms with Crippen LogP contribution in [0.4, 0.5) is 4.39 Å². The molecule has 0 fully saturated rings. The Labute approximate surface area is 108 Å². The topological polar surface area (TPSA) is 12.0 Å². The van der Waals surface area contributed by atoms with Gasteiger partial charge in [0.25, 0.3) is 0 Å². The van der Waals surface area contributed by atoms with Crippen molar-refractivity contribution in [3.63, 3.8) is 0 Å². The van der Waals surface area contributed by atoms with Gasteiger partial charge in [-0.25, -0.2) is 4.39 Å². The highest BCUT2D eigenvalue weighted by Gasteiger charge is 2.11. The molecule has 1 aromatic carbocycles. The normalized spacial score (nSPS) is 12.6. The first-order chi connectivity index (χ1) is 8.27. The van der Waals surface area contributed by atoms with Crippen LogP contribution >= 0.6 is 11.8 Å². The molecule has 17 heavy (non-hydrogen) atoms. The summed E-state index contributed by atoms with van der Waals surface area (Å²) in [6, 6.07) is 7.44. The number of nitrogens with one attached hydrogen (secondary N) is 1. The fraction of sp³-hybridized carbons (Fsp3) is 0.571. The van der Waals surface area contributed by atoms with Gasteiger partial charge in [-0.05, 0) is 36.8 Å². The van der Waals surface area contributed by atoms with Crippen molar-refractivity contribution >= 4 is 11.8 Å². The van der Waals surface area contributed by atoms with E-state index in [1.165, 1.54) is 0 Å². The molecule has 0 saturated carbocycles. The van der Waals surface area contributed by atoms with Gasteiger partial charge >= 0.3 is 0 Å². The Morgan fingerprint density at radius 2 is 2.06 bits per heavy atom. The predicted molar refractivity (Wildman–Crippen MR) is 75.2 cm³/mol. The van der Waals surface area contributed by atoms with Crippen LogP contribution in [0.15, 0.2) is 24.3 Å². The molecule has 0 saturated heterocycles. The molecule has 0 aliphatic heterocycles. The Bertz CT molecular complexity index is 309.